The van der Waals surface area contributed by atoms with Crippen molar-refractivity contribution in [3.8, 4) is 22.3 Å². The summed E-state index contributed by atoms with van der Waals surface area (Å²) in [5.74, 6) is 3.50. The summed E-state index contributed by atoms with van der Waals surface area (Å²) >= 11 is 0. The minimum Gasteiger partial charge on any atom is -0.310 e. The number of hydrogen-bond donors (Lipinski definition) is 0. The molecule has 0 heterocycles. The predicted molar refractivity (Wildman–Crippen MR) is 238 cm³/mol. The first kappa shape index (κ1) is 34.9. The van der Waals surface area contributed by atoms with E-state index in [1.165, 1.54) is 113 Å². The van der Waals surface area contributed by atoms with E-state index in [1.54, 1.807) is 11.1 Å². The van der Waals surface area contributed by atoms with Crippen molar-refractivity contribution in [3.05, 3.63) is 137 Å². The molecule has 1 heteroatoms. The summed E-state index contributed by atoms with van der Waals surface area (Å²) in [6.07, 6.45) is 10.7. The second-order valence-corrected chi connectivity index (χ2v) is 22.7. The average molecular weight is 748 g/mol. The molecule has 1 nitrogen and oxygen atoms in total. The van der Waals surface area contributed by atoms with Crippen LogP contribution in [-0.2, 0) is 27.1 Å². The summed E-state index contributed by atoms with van der Waals surface area (Å²) in [7, 11) is 0. The van der Waals surface area contributed by atoms with Crippen molar-refractivity contribution in [2.45, 2.75) is 134 Å². The van der Waals surface area contributed by atoms with Gasteiger partial charge in [-0.15, -0.1) is 0 Å². The molecule has 4 fully saturated rings. The molecule has 5 aromatic rings. The van der Waals surface area contributed by atoms with Crippen molar-refractivity contribution in [3.63, 3.8) is 0 Å². The Labute approximate surface area is 342 Å². The molecule has 57 heavy (non-hydrogen) atoms. The van der Waals surface area contributed by atoms with Crippen LogP contribution in [-0.4, -0.2) is 0 Å². The van der Waals surface area contributed by atoms with E-state index in [0.29, 0.717) is 5.41 Å². The molecule has 0 N–H and O–H groups in total. The molecule has 0 aromatic heterocycles. The SMILES string of the molecule is CC1(C)CCC(C)(C)c2cc(N(c3ccc4c(c3)C(C)(C)CCC4(C)C)c3cc4c(cc3-c3ccccc3)C3(c5ccccc5-4)C4CC5CC6CC3C64C5)ccc21. The number of anilines is 3. The van der Waals surface area contributed by atoms with Crippen molar-refractivity contribution < 1.29 is 0 Å². The third-order valence-electron chi connectivity index (χ3n) is 18.3. The van der Waals surface area contributed by atoms with Gasteiger partial charge in [0.2, 0.25) is 0 Å². The molecule has 4 saturated carbocycles. The Hall–Kier alpha value is -4.10. The first-order chi connectivity index (χ1) is 27.2. The molecule has 0 radical (unpaired) electrons. The summed E-state index contributed by atoms with van der Waals surface area (Å²) < 4.78 is 0. The molecule has 0 saturated heterocycles. The van der Waals surface area contributed by atoms with Crippen molar-refractivity contribution in [2.75, 3.05) is 4.90 Å². The lowest BCUT2D eigenvalue weighted by atomic mass is 9.27. The highest BCUT2D eigenvalue weighted by atomic mass is 15.1. The minimum atomic E-state index is 0.112. The van der Waals surface area contributed by atoms with Crippen LogP contribution in [0.4, 0.5) is 17.1 Å². The highest BCUT2D eigenvalue weighted by Crippen LogP contribution is 2.89. The highest BCUT2D eigenvalue weighted by molar-refractivity contribution is 5.96. The lowest BCUT2D eigenvalue weighted by Gasteiger charge is -2.76. The molecule has 2 spiro atoms. The Bertz CT molecular complexity index is 2450. The number of hydrogen-bond acceptors (Lipinski definition) is 1. The molecule has 0 amide bonds. The molecular weight excluding hydrogens is 687 g/mol. The summed E-state index contributed by atoms with van der Waals surface area (Å²) in [4.78, 5) is 2.69. The van der Waals surface area contributed by atoms with Crippen LogP contribution < -0.4 is 4.90 Å². The maximum Gasteiger partial charge on any atom is 0.0546 e. The normalized spacial score (nSPS) is 31.6. The largest absolute Gasteiger partial charge is 0.310 e. The van der Waals surface area contributed by atoms with Crippen LogP contribution >= 0.6 is 0 Å². The quantitative estimate of drug-likeness (QED) is 0.177. The van der Waals surface area contributed by atoms with E-state index in [1.807, 2.05) is 0 Å². The number of benzene rings is 5. The number of rotatable bonds is 4. The summed E-state index contributed by atoms with van der Waals surface area (Å²) in [5, 5.41) is 0. The highest BCUT2D eigenvalue weighted by Gasteiger charge is 2.84. The van der Waals surface area contributed by atoms with Gasteiger partial charge in [-0.2, -0.15) is 0 Å². The van der Waals surface area contributed by atoms with Gasteiger partial charge in [-0.25, -0.2) is 0 Å². The topological polar surface area (TPSA) is 3.24 Å². The zero-order chi connectivity index (χ0) is 39.1. The molecule has 5 aromatic carbocycles. The first-order valence-corrected chi connectivity index (χ1v) is 22.6. The fourth-order valence-corrected chi connectivity index (χ4v) is 15.2. The molecule has 290 valence electrons. The smallest absolute Gasteiger partial charge is 0.0546 e. The van der Waals surface area contributed by atoms with Crippen LogP contribution in [0.3, 0.4) is 0 Å². The van der Waals surface area contributed by atoms with Crippen LogP contribution in [0.1, 0.15) is 140 Å². The van der Waals surface area contributed by atoms with Gasteiger partial charge >= 0.3 is 0 Å². The molecule has 2 bridgehead atoms. The maximum absolute atomic E-state index is 2.73. The molecule has 12 rings (SSSR count). The summed E-state index contributed by atoms with van der Waals surface area (Å²) in [6.45, 7) is 19.7. The Morgan fingerprint density at radius 3 is 1.63 bits per heavy atom. The maximum atomic E-state index is 2.73. The van der Waals surface area contributed by atoms with Gasteiger partial charge in [0.25, 0.3) is 0 Å². The van der Waals surface area contributed by atoms with Gasteiger partial charge in [0.1, 0.15) is 0 Å². The predicted octanol–water partition coefficient (Wildman–Crippen LogP) is 14.9. The zero-order valence-electron chi connectivity index (χ0n) is 35.7. The van der Waals surface area contributed by atoms with E-state index < -0.39 is 0 Å². The molecule has 6 atom stereocenters. The van der Waals surface area contributed by atoms with E-state index >= 15 is 0 Å². The van der Waals surface area contributed by atoms with Crippen LogP contribution in [0.2, 0.25) is 0 Å². The molecule has 7 aliphatic rings. The third kappa shape index (κ3) is 4.27. The Kier molecular flexibility index (Phi) is 6.69. The van der Waals surface area contributed by atoms with Gasteiger partial charge in [0.15, 0.2) is 0 Å². The molecule has 0 aliphatic heterocycles. The van der Waals surface area contributed by atoms with Gasteiger partial charge in [-0.1, -0.05) is 122 Å². The first-order valence-electron chi connectivity index (χ1n) is 22.6. The second kappa shape index (κ2) is 10.9. The third-order valence-corrected chi connectivity index (χ3v) is 18.3. The summed E-state index contributed by atoms with van der Waals surface area (Å²) in [5.41, 5.74) is 20.2. The second-order valence-electron chi connectivity index (χ2n) is 22.7. The Morgan fingerprint density at radius 1 is 0.456 bits per heavy atom. The van der Waals surface area contributed by atoms with Crippen LogP contribution in [0, 0.1) is 29.1 Å². The van der Waals surface area contributed by atoms with E-state index in [4.69, 9.17) is 0 Å². The van der Waals surface area contributed by atoms with E-state index in [0.717, 1.165) is 23.7 Å². The van der Waals surface area contributed by atoms with Crippen molar-refractivity contribution >= 4 is 17.1 Å². The zero-order valence-corrected chi connectivity index (χ0v) is 35.7. The molecular formula is C56H61N. The van der Waals surface area contributed by atoms with Crippen molar-refractivity contribution in [1.82, 2.24) is 0 Å². The standard InChI is InChI=1S/C56H61N/c1-51(2)22-24-53(5,6)46-29-37(18-20-43(46)51)57(38-19-21-44-47(30-38)54(7,8)25-23-52(44,3)4)48-32-41-39-16-12-13-17-42(39)56(45(41)31-40(48)35-14-10-9-11-15-35)49-27-34-26-36-28-50(56)55(36,49)33-34/h9-21,29-32,34,36,49-50H,22-28,33H2,1-8H3. The van der Waals surface area contributed by atoms with E-state index in [2.05, 4.69) is 163 Å². The van der Waals surface area contributed by atoms with Gasteiger partial charge < -0.3 is 4.90 Å². The van der Waals surface area contributed by atoms with Gasteiger partial charge in [0, 0.05) is 22.4 Å². The van der Waals surface area contributed by atoms with Crippen LogP contribution in [0.5, 0.6) is 0 Å². The summed E-state index contributed by atoms with van der Waals surface area (Å²) in [6, 6.07) is 41.6. The van der Waals surface area contributed by atoms with Gasteiger partial charge in [-0.05, 0) is 189 Å². The van der Waals surface area contributed by atoms with Crippen molar-refractivity contribution in [2.24, 2.45) is 29.1 Å². The number of fused-ring (bicyclic) bond motifs is 10. The van der Waals surface area contributed by atoms with Crippen LogP contribution in [0.25, 0.3) is 22.3 Å². The number of nitrogens with zero attached hydrogens (tertiary/aromatic N) is 1. The fourth-order valence-electron chi connectivity index (χ4n) is 15.2. The van der Waals surface area contributed by atoms with E-state index in [-0.39, 0.29) is 27.1 Å². The fraction of sp³-hybridized carbons (Fsp3) is 0.464. The minimum absolute atomic E-state index is 0.112. The van der Waals surface area contributed by atoms with Crippen molar-refractivity contribution in [1.29, 1.82) is 0 Å². The lowest BCUT2D eigenvalue weighted by molar-refractivity contribution is -0.231. The Balaban J connectivity index is 1.14. The van der Waals surface area contributed by atoms with Crippen LogP contribution in [0.15, 0.2) is 103 Å². The Morgan fingerprint density at radius 2 is 1.02 bits per heavy atom. The van der Waals surface area contributed by atoms with Gasteiger partial charge in [-0.3, -0.25) is 0 Å². The lowest BCUT2D eigenvalue weighted by Crippen LogP contribution is -2.73. The molecule has 6 unspecified atom stereocenters. The van der Waals surface area contributed by atoms with E-state index in [9.17, 15) is 0 Å². The monoisotopic (exact) mass is 747 g/mol. The molecule has 7 aliphatic carbocycles. The average Bonchev–Trinajstić information content (AvgIpc) is 3.82. The van der Waals surface area contributed by atoms with Gasteiger partial charge in [0.05, 0.1) is 5.69 Å².